The molecule has 18 N–H and O–H groups in total. The molecule has 5 rings (SSSR count). The normalized spacial score (nSPS) is 34.0. The summed E-state index contributed by atoms with van der Waals surface area (Å²) < 4.78 is 59.1. The molecule has 5 heterocycles. The summed E-state index contributed by atoms with van der Waals surface area (Å²) in [6.07, 6.45) is -0.900. The molecule has 3 amide bonds. The number of ether oxygens (including phenoxy) is 10. The van der Waals surface area contributed by atoms with Gasteiger partial charge in [0.2, 0.25) is 17.7 Å². The van der Waals surface area contributed by atoms with Crippen molar-refractivity contribution >= 4 is 17.7 Å². The summed E-state index contributed by atoms with van der Waals surface area (Å²) in [5.41, 5.74) is 0. The molecule has 0 spiro atoms. The molecule has 0 saturated carbocycles. The molecule has 0 bridgehead atoms. The maximum atomic E-state index is 13.5. The van der Waals surface area contributed by atoms with Gasteiger partial charge in [-0.25, -0.2) is 0 Å². The fourth-order valence-corrected chi connectivity index (χ4v) is 14.7. The van der Waals surface area contributed by atoms with Crippen LogP contribution in [0, 0.1) is 0 Å². The lowest BCUT2D eigenvalue weighted by molar-refractivity contribution is -0.388. The molecule has 5 aliphatic rings. The number of unbranched alkanes of at least 4 members (excludes halogenated alkanes) is 31. The van der Waals surface area contributed by atoms with Gasteiger partial charge in [-0.15, -0.1) is 0 Å². The first kappa shape index (κ1) is 94.7. The van der Waals surface area contributed by atoms with Crippen molar-refractivity contribution in [2.45, 2.75) is 412 Å². The van der Waals surface area contributed by atoms with Crippen LogP contribution in [-0.2, 0) is 61.8 Å². The maximum Gasteiger partial charge on any atom is 0.220 e. The van der Waals surface area contributed by atoms with Gasteiger partial charge in [-0.3, -0.25) is 14.4 Å². The molecule has 0 aromatic rings. The quantitative estimate of drug-likeness (QED) is 0.0306. The van der Waals surface area contributed by atoms with Gasteiger partial charge < -0.3 is 140 Å². The lowest BCUT2D eigenvalue weighted by atomic mass is 9.93. The molecule has 107 heavy (non-hydrogen) atoms. The van der Waals surface area contributed by atoms with Gasteiger partial charge in [-0.05, 0) is 19.3 Å². The van der Waals surface area contributed by atoms with Crippen molar-refractivity contribution in [2.24, 2.45) is 0 Å². The van der Waals surface area contributed by atoms with E-state index in [1.807, 2.05) is 6.08 Å². The van der Waals surface area contributed by atoms with E-state index < -0.39 is 217 Å². The van der Waals surface area contributed by atoms with Crippen LogP contribution >= 0.6 is 0 Å². The molecule has 0 aromatic heterocycles. The minimum Gasteiger partial charge on any atom is -0.394 e. The SMILES string of the molecule is CCCCCCCCCCCCC/C=C/[C@@H](O)[C@H](CO[C@@H]1OC(CO)[C@@H](O[C@@H]2OC(CO)[C@H](O[C@@H]3OC(CO)[C@H](O)[C@H](O[C@@H]4OC(CO)[C@H](O)[C@H](O[C@@H]5OC(CO)[C@H](O)[C@H](O)C5NC(C)=O)C4NC(C)=O)C3O)[C@H](O)C2O)[C@H](O)C1O)NC(=O)CCCCCCCCCCCCCCCCCCCCCCC. The van der Waals surface area contributed by atoms with Crippen molar-refractivity contribution in [1.29, 1.82) is 0 Å². The Morgan fingerprint density at radius 2 is 0.701 bits per heavy atom. The van der Waals surface area contributed by atoms with Gasteiger partial charge in [0.05, 0.1) is 51.8 Å². The second-order valence-corrected chi connectivity index (χ2v) is 30.0. The van der Waals surface area contributed by atoms with Gasteiger partial charge in [0.25, 0.3) is 0 Å². The van der Waals surface area contributed by atoms with Crippen LogP contribution in [0.2, 0.25) is 0 Å². The van der Waals surface area contributed by atoms with E-state index in [1.54, 1.807) is 6.08 Å². The fraction of sp³-hybridized carbons (Fsp3) is 0.934. The Kier molecular flexibility index (Phi) is 47.2. The van der Waals surface area contributed by atoms with Crippen LogP contribution in [0.4, 0.5) is 0 Å². The smallest absolute Gasteiger partial charge is 0.220 e. The standard InChI is InChI=1S/C76H139N3O28/c1-5-7-9-11-13-15-17-19-20-21-22-23-24-25-26-28-30-32-34-36-38-40-56(88)79-49(50(87)39-37-35-33-31-29-27-18-16-14-12-10-8-6-2)46-98-74-65(95)63(93)68(54(44-83)102-74)104-75-66(96)64(94)69(55(45-84)103-75)105-76-67(97)71(61(91)53(43-82)101-76)107-73-58(78-48(4)86)70(60(90)52(42-81)100-73)106-72-57(77-47(3)85)62(92)59(89)51(41-80)99-72/h37,39,49-55,57-76,80-84,87,89-97H,5-36,38,40-46H2,1-4H3,(H,77,85)(H,78,86)(H,79,88)/b39-37+/t49-,50+,51?,52?,53?,54?,55?,57?,58?,59-,60-,61-,62+,63+,64+,65?,66?,67?,68+,69-,70+,71-,72-,73-,74+,75-,76-/m0/s1. The highest BCUT2D eigenvalue weighted by atomic mass is 16.8. The first-order valence-electron chi connectivity index (χ1n) is 40.5. The lowest BCUT2D eigenvalue weighted by Crippen LogP contribution is -2.71. The monoisotopic (exact) mass is 1540 g/mol. The average molecular weight is 1540 g/mol. The van der Waals surface area contributed by atoms with Crippen LogP contribution in [0.1, 0.15) is 246 Å². The number of nitrogens with one attached hydrogen (secondary N) is 3. The van der Waals surface area contributed by atoms with E-state index in [1.165, 1.54) is 154 Å². The Bertz CT molecular complexity index is 2380. The summed E-state index contributed by atoms with van der Waals surface area (Å²) in [4.78, 5) is 38.6. The van der Waals surface area contributed by atoms with Gasteiger partial charge in [0, 0.05) is 20.3 Å². The zero-order chi connectivity index (χ0) is 78.2. The van der Waals surface area contributed by atoms with Crippen LogP contribution in [0.5, 0.6) is 0 Å². The third-order valence-electron chi connectivity index (χ3n) is 21.1. The number of allylic oxidation sites excluding steroid dienone is 1. The molecule has 5 fully saturated rings. The van der Waals surface area contributed by atoms with Crippen molar-refractivity contribution < 1.29 is 138 Å². The minimum atomic E-state index is -2.20. The van der Waals surface area contributed by atoms with Crippen LogP contribution in [0.15, 0.2) is 12.2 Å². The van der Waals surface area contributed by atoms with Crippen LogP contribution in [0.25, 0.3) is 0 Å². The maximum absolute atomic E-state index is 13.5. The van der Waals surface area contributed by atoms with Gasteiger partial charge in [0.1, 0.15) is 122 Å². The van der Waals surface area contributed by atoms with Crippen molar-refractivity contribution in [1.82, 2.24) is 16.0 Å². The molecule has 0 radical (unpaired) electrons. The van der Waals surface area contributed by atoms with Gasteiger partial charge in [0.15, 0.2) is 31.5 Å². The summed E-state index contributed by atoms with van der Waals surface area (Å²) in [7, 11) is 0. The van der Waals surface area contributed by atoms with E-state index in [-0.39, 0.29) is 12.3 Å². The van der Waals surface area contributed by atoms with Gasteiger partial charge in [-0.1, -0.05) is 219 Å². The first-order valence-corrected chi connectivity index (χ1v) is 40.5. The number of carbonyl (C=O) groups excluding carboxylic acids is 3. The fourth-order valence-electron chi connectivity index (χ4n) is 14.7. The summed E-state index contributed by atoms with van der Waals surface area (Å²) in [6.45, 7) is 1.42. The zero-order valence-electron chi connectivity index (χ0n) is 64.0. The second-order valence-electron chi connectivity index (χ2n) is 30.0. The number of aliphatic hydroxyl groups excluding tert-OH is 15. The van der Waals surface area contributed by atoms with Crippen molar-refractivity contribution in [2.75, 3.05) is 39.6 Å². The van der Waals surface area contributed by atoms with Crippen LogP contribution < -0.4 is 16.0 Å². The molecule has 31 nitrogen and oxygen atoms in total. The Hall–Kier alpha value is -2.85. The molecular formula is C76H139N3O28. The summed E-state index contributed by atoms with van der Waals surface area (Å²) in [5, 5.41) is 174. The molecule has 5 saturated heterocycles. The predicted octanol–water partition coefficient (Wildman–Crippen LogP) is 2.09. The number of hydrogen-bond donors (Lipinski definition) is 18. The van der Waals surface area contributed by atoms with E-state index in [0.717, 1.165) is 58.8 Å². The Labute approximate surface area is 633 Å². The Balaban J connectivity index is 1.17. The van der Waals surface area contributed by atoms with Crippen LogP contribution in [0.3, 0.4) is 0 Å². The molecular weight excluding hydrogens is 1400 g/mol. The molecule has 5 aliphatic heterocycles. The third-order valence-corrected chi connectivity index (χ3v) is 21.1. The Morgan fingerprint density at radius 3 is 1.14 bits per heavy atom. The number of hydrogen-bond acceptors (Lipinski definition) is 28. The second kappa shape index (κ2) is 53.3. The molecule has 626 valence electrons. The first-order chi connectivity index (χ1) is 51.6. The van der Waals surface area contributed by atoms with E-state index >= 15 is 0 Å². The van der Waals surface area contributed by atoms with E-state index in [4.69, 9.17) is 47.4 Å². The number of rotatable bonds is 55. The molecule has 27 atom stereocenters. The summed E-state index contributed by atoms with van der Waals surface area (Å²) in [5.74, 6) is -1.87. The zero-order valence-corrected chi connectivity index (χ0v) is 64.0. The highest BCUT2D eigenvalue weighted by Gasteiger charge is 2.57. The largest absolute Gasteiger partial charge is 0.394 e. The number of amides is 3. The van der Waals surface area contributed by atoms with Gasteiger partial charge >= 0.3 is 0 Å². The topological polar surface area (TPSA) is 483 Å². The highest BCUT2D eigenvalue weighted by Crippen LogP contribution is 2.37. The Morgan fingerprint density at radius 1 is 0.364 bits per heavy atom. The minimum absolute atomic E-state index is 0.196. The lowest BCUT2D eigenvalue weighted by Gasteiger charge is -2.50. The van der Waals surface area contributed by atoms with Crippen LogP contribution in [-0.4, -0.2) is 300 Å². The number of aliphatic hydroxyl groups is 15. The predicted molar refractivity (Wildman–Crippen MR) is 389 cm³/mol. The molecule has 0 aliphatic carbocycles. The van der Waals surface area contributed by atoms with E-state index in [9.17, 15) is 91.0 Å². The van der Waals surface area contributed by atoms with Crippen molar-refractivity contribution in [3.63, 3.8) is 0 Å². The van der Waals surface area contributed by atoms with Crippen molar-refractivity contribution in [3.05, 3.63) is 12.2 Å². The van der Waals surface area contributed by atoms with Gasteiger partial charge in [-0.2, -0.15) is 0 Å². The molecule has 0 aromatic carbocycles. The van der Waals surface area contributed by atoms with E-state index in [0.29, 0.717) is 12.8 Å². The highest BCUT2D eigenvalue weighted by molar-refractivity contribution is 5.76. The number of carbonyl (C=O) groups is 3. The van der Waals surface area contributed by atoms with E-state index in [2.05, 4.69) is 29.8 Å². The molecule has 10 unspecified atom stereocenters. The third kappa shape index (κ3) is 31.8. The summed E-state index contributed by atoms with van der Waals surface area (Å²) >= 11 is 0. The average Bonchev–Trinajstić information content (AvgIpc) is 0.771. The van der Waals surface area contributed by atoms with Crippen molar-refractivity contribution in [3.8, 4) is 0 Å². The summed E-state index contributed by atoms with van der Waals surface area (Å²) in [6, 6.07) is -4.33. The molecule has 31 heteroatoms.